The smallest absolute Gasteiger partial charge is 0.0992 e. The van der Waals surface area contributed by atoms with Gasteiger partial charge in [0.1, 0.15) is 0 Å². The van der Waals surface area contributed by atoms with Crippen LogP contribution in [-0.4, -0.2) is 14.5 Å². The molecule has 0 aliphatic rings. The van der Waals surface area contributed by atoms with Gasteiger partial charge in [-0.2, -0.15) is 0 Å². The van der Waals surface area contributed by atoms with Gasteiger partial charge in [-0.25, -0.2) is 9.97 Å². The van der Waals surface area contributed by atoms with Crippen molar-refractivity contribution in [2.75, 3.05) is 5.32 Å². The monoisotopic (exact) mass is 270 g/mol. The summed E-state index contributed by atoms with van der Waals surface area (Å²) in [5, 5.41) is 3.47. The predicted octanol–water partition coefficient (Wildman–Crippen LogP) is 3.25. The van der Waals surface area contributed by atoms with Gasteiger partial charge in [-0.1, -0.05) is 12.1 Å². The Kier molecular flexibility index (Phi) is 3.29. The Bertz CT molecular complexity index is 658. The SMILES string of the molecule is Cc1ncsc1CNc1ccccc1-n1ccnc1. The molecule has 2 aromatic heterocycles. The van der Waals surface area contributed by atoms with Crippen molar-refractivity contribution in [2.24, 2.45) is 0 Å². The normalized spacial score (nSPS) is 10.6. The second kappa shape index (κ2) is 5.24. The number of aryl methyl sites for hydroxylation is 1. The van der Waals surface area contributed by atoms with Gasteiger partial charge in [0.25, 0.3) is 0 Å². The van der Waals surface area contributed by atoms with E-state index < -0.39 is 0 Å². The highest BCUT2D eigenvalue weighted by atomic mass is 32.1. The summed E-state index contributed by atoms with van der Waals surface area (Å²) in [5.74, 6) is 0. The third-order valence-electron chi connectivity index (χ3n) is 2.97. The van der Waals surface area contributed by atoms with Gasteiger partial charge in [-0.05, 0) is 19.1 Å². The van der Waals surface area contributed by atoms with E-state index in [-0.39, 0.29) is 0 Å². The second-order valence-corrected chi connectivity index (χ2v) is 5.14. The van der Waals surface area contributed by atoms with Crippen LogP contribution in [-0.2, 0) is 6.54 Å². The fraction of sp³-hybridized carbons (Fsp3) is 0.143. The summed E-state index contributed by atoms with van der Waals surface area (Å²) >= 11 is 1.68. The van der Waals surface area contributed by atoms with Gasteiger partial charge in [0.05, 0.1) is 35.5 Å². The quantitative estimate of drug-likeness (QED) is 0.791. The van der Waals surface area contributed by atoms with E-state index >= 15 is 0 Å². The number of aromatic nitrogens is 3. The molecule has 0 unspecified atom stereocenters. The van der Waals surface area contributed by atoms with Gasteiger partial charge in [0.2, 0.25) is 0 Å². The van der Waals surface area contributed by atoms with Crippen LogP contribution in [0.4, 0.5) is 5.69 Å². The van der Waals surface area contributed by atoms with Crippen molar-refractivity contribution in [3.05, 3.63) is 59.1 Å². The predicted molar refractivity (Wildman–Crippen MR) is 77.7 cm³/mol. The molecule has 0 atom stereocenters. The number of hydrogen-bond acceptors (Lipinski definition) is 4. The number of anilines is 1. The Labute approximate surface area is 115 Å². The number of thiazole rings is 1. The van der Waals surface area contributed by atoms with Gasteiger partial charge in [-0.3, -0.25) is 0 Å². The molecule has 0 aliphatic heterocycles. The van der Waals surface area contributed by atoms with E-state index in [0.717, 1.165) is 23.6 Å². The molecule has 0 aliphatic carbocycles. The zero-order chi connectivity index (χ0) is 13.1. The van der Waals surface area contributed by atoms with Crippen LogP contribution >= 0.6 is 11.3 Å². The molecule has 0 saturated heterocycles. The maximum absolute atomic E-state index is 4.26. The number of para-hydroxylation sites is 2. The van der Waals surface area contributed by atoms with Crippen LogP contribution < -0.4 is 5.32 Å². The number of rotatable bonds is 4. The Morgan fingerprint density at radius 3 is 2.95 bits per heavy atom. The first-order valence-corrected chi connectivity index (χ1v) is 6.93. The Morgan fingerprint density at radius 2 is 2.21 bits per heavy atom. The zero-order valence-corrected chi connectivity index (χ0v) is 11.4. The van der Waals surface area contributed by atoms with E-state index in [1.165, 1.54) is 4.88 Å². The van der Waals surface area contributed by atoms with E-state index in [1.54, 1.807) is 23.9 Å². The Balaban J connectivity index is 1.84. The first kappa shape index (κ1) is 11.9. The summed E-state index contributed by atoms with van der Waals surface area (Å²) in [4.78, 5) is 9.62. The highest BCUT2D eigenvalue weighted by Gasteiger charge is 2.05. The molecular weight excluding hydrogens is 256 g/mol. The average Bonchev–Trinajstić information content (AvgIpc) is 3.08. The molecule has 0 bridgehead atoms. The molecule has 3 rings (SSSR count). The number of nitrogens with zero attached hydrogens (tertiary/aromatic N) is 3. The van der Waals surface area contributed by atoms with E-state index in [4.69, 9.17) is 0 Å². The van der Waals surface area contributed by atoms with E-state index in [1.807, 2.05) is 35.3 Å². The van der Waals surface area contributed by atoms with Gasteiger partial charge in [-0.15, -0.1) is 11.3 Å². The van der Waals surface area contributed by atoms with Gasteiger partial charge < -0.3 is 9.88 Å². The molecule has 0 saturated carbocycles. The molecule has 1 aromatic carbocycles. The number of imidazole rings is 1. The van der Waals surface area contributed by atoms with E-state index in [9.17, 15) is 0 Å². The Morgan fingerprint density at radius 1 is 1.32 bits per heavy atom. The lowest BCUT2D eigenvalue weighted by Crippen LogP contribution is -2.03. The second-order valence-electron chi connectivity index (χ2n) is 4.20. The largest absolute Gasteiger partial charge is 0.378 e. The fourth-order valence-electron chi connectivity index (χ4n) is 1.92. The third-order valence-corrected chi connectivity index (χ3v) is 3.91. The summed E-state index contributed by atoms with van der Waals surface area (Å²) in [5.41, 5.74) is 5.17. The van der Waals surface area contributed by atoms with Crippen LogP contribution in [0.5, 0.6) is 0 Å². The van der Waals surface area contributed by atoms with Crippen molar-refractivity contribution in [2.45, 2.75) is 13.5 Å². The van der Waals surface area contributed by atoms with Gasteiger partial charge in [0, 0.05) is 17.3 Å². The lowest BCUT2D eigenvalue weighted by atomic mass is 10.2. The molecule has 0 fully saturated rings. The molecule has 5 heteroatoms. The van der Waals surface area contributed by atoms with Crippen molar-refractivity contribution in [1.82, 2.24) is 14.5 Å². The molecular formula is C14H14N4S. The first-order chi connectivity index (χ1) is 9.34. The van der Waals surface area contributed by atoms with Crippen molar-refractivity contribution < 1.29 is 0 Å². The molecule has 0 spiro atoms. The van der Waals surface area contributed by atoms with Gasteiger partial charge >= 0.3 is 0 Å². The van der Waals surface area contributed by atoms with Crippen LogP contribution in [0.1, 0.15) is 10.6 Å². The highest BCUT2D eigenvalue weighted by Crippen LogP contribution is 2.21. The molecule has 3 aromatic rings. The maximum Gasteiger partial charge on any atom is 0.0992 e. The summed E-state index contributed by atoms with van der Waals surface area (Å²) in [6.45, 7) is 2.83. The fourth-order valence-corrected chi connectivity index (χ4v) is 2.64. The van der Waals surface area contributed by atoms with E-state index in [0.29, 0.717) is 0 Å². The summed E-state index contributed by atoms with van der Waals surface area (Å²) in [7, 11) is 0. The van der Waals surface area contributed by atoms with Crippen molar-refractivity contribution >= 4 is 17.0 Å². The molecule has 0 radical (unpaired) electrons. The average molecular weight is 270 g/mol. The minimum Gasteiger partial charge on any atom is -0.378 e. The van der Waals surface area contributed by atoms with Crippen molar-refractivity contribution in [3.63, 3.8) is 0 Å². The van der Waals surface area contributed by atoms with Gasteiger partial charge in [0.15, 0.2) is 0 Å². The molecule has 1 N–H and O–H groups in total. The number of hydrogen-bond donors (Lipinski definition) is 1. The van der Waals surface area contributed by atoms with Crippen molar-refractivity contribution in [3.8, 4) is 5.69 Å². The minimum absolute atomic E-state index is 0.794. The van der Waals surface area contributed by atoms with E-state index in [2.05, 4.69) is 27.4 Å². The minimum atomic E-state index is 0.794. The molecule has 19 heavy (non-hydrogen) atoms. The topological polar surface area (TPSA) is 42.7 Å². The van der Waals surface area contributed by atoms with Crippen molar-refractivity contribution in [1.29, 1.82) is 0 Å². The van der Waals surface area contributed by atoms with Crippen LogP contribution in [0, 0.1) is 6.92 Å². The number of benzene rings is 1. The zero-order valence-electron chi connectivity index (χ0n) is 10.6. The molecule has 0 amide bonds. The Hall–Kier alpha value is -2.14. The standard InChI is InChI=1S/C14H14N4S/c1-11-14(19-10-17-11)8-16-12-4-2-3-5-13(12)18-7-6-15-9-18/h2-7,9-10,16H,8H2,1H3. The van der Waals surface area contributed by atoms with Crippen LogP contribution in [0.15, 0.2) is 48.5 Å². The van der Waals surface area contributed by atoms with Crippen LogP contribution in [0.25, 0.3) is 5.69 Å². The first-order valence-electron chi connectivity index (χ1n) is 6.05. The summed E-state index contributed by atoms with van der Waals surface area (Å²) in [6, 6.07) is 8.20. The molecule has 2 heterocycles. The highest BCUT2D eigenvalue weighted by molar-refractivity contribution is 7.09. The molecule has 4 nitrogen and oxygen atoms in total. The third kappa shape index (κ3) is 2.51. The number of nitrogens with one attached hydrogen (secondary N) is 1. The lowest BCUT2D eigenvalue weighted by Gasteiger charge is -2.11. The van der Waals surface area contributed by atoms with Crippen LogP contribution in [0.2, 0.25) is 0 Å². The molecule has 96 valence electrons. The lowest BCUT2D eigenvalue weighted by molar-refractivity contribution is 1.04. The summed E-state index contributed by atoms with van der Waals surface area (Å²) in [6.07, 6.45) is 5.53. The maximum atomic E-state index is 4.26. The van der Waals surface area contributed by atoms with Crippen LogP contribution in [0.3, 0.4) is 0 Å². The summed E-state index contributed by atoms with van der Waals surface area (Å²) < 4.78 is 2.00.